The number of thioether (sulfide) groups is 1. The van der Waals surface area contributed by atoms with Crippen LogP contribution < -0.4 is 0 Å². The number of hydrogen-bond acceptors (Lipinski definition) is 1. The third kappa shape index (κ3) is 2.34. The molecule has 1 aliphatic carbocycles. The predicted molar refractivity (Wildman–Crippen MR) is 74.7 cm³/mol. The van der Waals surface area contributed by atoms with Crippen molar-refractivity contribution < 1.29 is 0 Å². The molecule has 2 rings (SSSR count). The molecule has 0 spiro atoms. The summed E-state index contributed by atoms with van der Waals surface area (Å²) in [5, 5.41) is 0.928. The monoisotopic (exact) mass is 238 g/mol. The number of allylic oxidation sites excluding steroid dienone is 2. The lowest BCUT2D eigenvalue weighted by atomic mass is 9.83. The van der Waals surface area contributed by atoms with Gasteiger partial charge in [-0.15, -0.1) is 11.8 Å². The molecule has 1 heterocycles. The maximum atomic E-state index is 2.39. The molecule has 16 heavy (non-hydrogen) atoms. The normalized spacial score (nSPS) is 31.1. The SMILES string of the molecule is CC(C)C1=C(C(C)C)C2CCCCCC2S1. The van der Waals surface area contributed by atoms with Crippen molar-refractivity contribution in [2.24, 2.45) is 17.8 Å². The molecule has 1 fully saturated rings. The van der Waals surface area contributed by atoms with Crippen molar-refractivity contribution in [3.05, 3.63) is 10.5 Å². The Morgan fingerprint density at radius 2 is 1.62 bits per heavy atom. The molecule has 0 aromatic heterocycles. The van der Waals surface area contributed by atoms with E-state index < -0.39 is 0 Å². The highest BCUT2D eigenvalue weighted by Gasteiger charge is 2.37. The summed E-state index contributed by atoms with van der Waals surface area (Å²) in [6.07, 6.45) is 7.31. The minimum absolute atomic E-state index is 0.745. The average molecular weight is 238 g/mol. The summed E-state index contributed by atoms with van der Waals surface area (Å²) in [4.78, 5) is 1.74. The van der Waals surface area contributed by atoms with Crippen LogP contribution in [0.25, 0.3) is 0 Å². The van der Waals surface area contributed by atoms with Gasteiger partial charge in [0.2, 0.25) is 0 Å². The molecule has 1 saturated carbocycles. The van der Waals surface area contributed by atoms with Gasteiger partial charge >= 0.3 is 0 Å². The lowest BCUT2D eigenvalue weighted by Crippen LogP contribution is -2.15. The fourth-order valence-electron chi connectivity index (χ4n) is 3.37. The van der Waals surface area contributed by atoms with Gasteiger partial charge in [-0.2, -0.15) is 0 Å². The van der Waals surface area contributed by atoms with Crippen molar-refractivity contribution in [2.75, 3.05) is 0 Å². The summed E-state index contributed by atoms with van der Waals surface area (Å²) < 4.78 is 0. The van der Waals surface area contributed by atoms with Crippen molar-refractivity contribution in [3.8, 4) is 0 Å². The van der Waals surface area contributed by atoms with Crippen LogP contribution in [0.1, 0.15) is 59.8 Å². The van der Waals surface area contributed by atoms with Gasteiger partial charge in [0, 0.05) is 5.25 Å². The summed E-state index contributed by atoms with van der Waals surface area (Å²) in [6.45, 7) is 9.53. The summed E-state index contributed by atoms with van der Waals surface area (Å²) >= 11 is 2.23. The Hall–Kier alpha value is 0.0900. The van der Waals surface area contributed by atoms with E-state index in [1.165, 1.54) is 32.1 Å². The van der Waals surface area contributed by atoms with Gasteiger partial charge < -0.3 is 0 Å². The molecule has 1 heteroatoms. The zero-order valence-electron chi connectivity index (χ0n) is 11.3. The van der Waals surface area contributed by atoms with Gasteiger partial charge in [0.15, 0.2) is 0 Å². The zero-order chi connectivity index (χ0) is 11.7. The van der Waals surface area contributed by atoms with E-state index in [0.717, 1.165) is 23.0 Å². The summed E-state index contributed by atoms with van der Waals surface area (Å²) in [7, 11) is 0. The van der Waals surface area contributed by atoms with Crippen LogP contribution in [-0.2, 0) is 0 Å². The van der Waals surface area contributed by atoms with Gasteiger partial charge in [0.1, 0.15) is 0 Å². The first-order valence-electron chi connectivity index (χ1n) is 7.02. The molecular weight excluding hydrogens is 212 g/mol. The molecule has 1 aliphatic heterocycles. The Morgan fingerprint density at radius 3 is 2.25 bits per heavy atom. The zero-order valence-corrected chi connectivity index (χ0v) is 12.1. The molecule has 2 aliphatic rings. The van der Waals surface area contributed by atoms with E-state index in [1.807, 2.05) is 5.57 Å². The van der Waals surface area contributed by atoms with E-state index >= 15 is 0 Å². The highest BCUT2D eigenvalue weighted by Crippen LogP contribution is 2.52. The Balaban J connectivity index is 2.26. The van der Waals surface area contributed by atoms with E-state index in [-0.39, 0.29) is 0 Å². The second-order valence-corrected chi connectivity index (χ2v) is 7.31. The maximum Gasteiger partial charge on any atom is 0.0157 e. The van der Waals surface area contributed by atoms with Crippen LogP contribution in [0, 0.1) is 17.8 Å². The topological polar surface area (TPSA) is 0 Å². The van der Waals surface area contributed by atoms with Crippen LogP contribution in [0.3, 0.4) is 0 Å². The van der Waals surface area contributed by atoms with Gasteiger partial charge in [-0.3, -0.25) is 0 Å². The van der Waals surface area contributed by atoms with E-state index in [9.17, 15) is 0 Å². The molecule has 0 radical (unpaired) electrons. The number of rotatable bonds is 2. The van der Waals surface area contributed by atoms with E-state index in [4.69, 9.17) is 0 Å². The maximum absolute atomic E-state index is 2.39. The predicted octanol–water partition coefficient (Wildman–Crippen LogP) is 5.25. The molecular formula is C15H26S. The Labute approximate surface area is 105 Å². The number of fused-ring (bicyclic) bond motifs is 1. The van der Waals surface area contributed by atoms with Crippen LogP contribution in [0.5, 0.6) is 0 Å². The molecule has 0 nitrogen and oxygen atoms in total. The first kappa shape index (κ1) is 12.5. The van der Waals surface area contributed by atoms with Crippen molar-refractivity contribution in [2.45, 2.75) is 65.0 Å². The summed E-state index contributed by atoms with van der Waals surface area (Å²) in [6, 6.07) is 0. The quantitative estimate of drug-likeness (QED) is 0.633. The average Bonchev–Trinajstić information content (AvgIpc) is 2.43. The van der Waals surface area contributed by atoms with Crippen molar-refractivity contribution >= 4 is 11.8 Å². The van der Waals surface area contributed by atoms with Gasteiger partial charge in [-0.05, 0) is 35.5 Å². The van der Waals surface area contributed by atoms with Gasteiger partial charge in [-0.1, -0.05) is 52.5 Å². The molecule has 0 saturated heterocycles. The van der Waals surface area contributed by atoms with E-state index in [0.29, 0.717) is 0 Å². The van der Waals surface area contributed by atoms with Gasteiger partial charge in [0.25, 0.3) is 0 Å². The highest BCUT2D eigenvalue weighted by molar-refractivity contribution is 8.04. The van der Waals surface area contributed by atoms with Crippen LogP contribution in [0.15, 0.2) is 10.5 Å². The molecule has 2 unspecified atom stereocenters. The van der Waals surface area contributed by atoms with Crippen molar-refractivity contribution in [1.29, 1.82) is 0 Å². The molecule has 0 N–H and O–H groups in total. The number of hydrogen-bond donors (Lipinski definition) is 0. The summed E-state index contributed by atoms with van der Waals surface area (Å²) in [5.41, 5.74) is 1.83. The van der Waals surface area contributed by atoms with Crippen molar-refractivity contribution in [3.63, 3.8) is 0 Å². The molecule has 2 atom stereocenters. The smallest absolute Gasteiger partial charge is 0.0157 e. The molecule has 0 bridgehead atoms. The molecule has 92 valence electrons. The molecule has 0 aromatic carbocycles. The van der Waals surface area contributed by atoms with Gasteiger partial charge in [0.05, 0.1) is 0 Å². The third-order valence-corrected chi connectivity index (χ3v) is 5.89. The lowest BCUT2D eigenvalue weighted by molar-refractivity contribution is 0.497. The largest absolute Gasteiger partial charge is 0.126 e. The van der Waals surface area contributed by atoms with Crippen LogP contribution in [-0.4, -0.2) is 5.25 Å². The first-order chi connectivity index (χ1) is 7.61. The Morgan fingerprint density at radius 1 is 0.938 bits per heavy atom. The summed E-state index contributed by atoms with van der Waals surface area (Å²) in [5.74, 6) is 2.43. The van der Waals surface area contributed by atoms with Crippen molar-refractivity contribution in [1.82, 2.24) is 0 Å². The standard InChI is InChI=1S/C15H26S/c1-10(2)14-12-8-6-5-7-9-13(12)16-15(14)11(3)4/h10-13H,5-9H2,1-4H3. The van der Waals surface area contributed by atoms with E-state index in [1.54, 1.807) is 4.91 Å². The Bertz CT molecular complexity index is 275. The fourth-order valence-corrected chi connectivity index (χ4v) is 5.22. The lowest BCUT2D eigenvalue weighted by Gasteiger charge is -2.21. The molecule has 0 aromatic rings. The Kier molecular flexibility index (Phi) is 4.05. The third-order valence-electron chi connectivity index (χ3n) is 4.06. The van der Waals surface area contributed by atoms with Crippen LogP contribution >= 0.6 is 11.8 Å². The second-order valence-electron chi connectivity index (χ2n) is 6.03. The minimum atomic E-state index is 0.745. The second kappa shape index (κ2) is 5.16. The van der Waals surface area contributed by atoms with Crippen LogP contribution in [0.2, 0.25) is 0 Å². The van der Waals surface area contributed by atoms with E-state index in [2.05, 4.69) is 39.5 Å². The fraction of sp³-hybridized carbons (Fsp3) is 0.867. The van der Waals surface area contributed by atoms with Gasteiger partial charge in [-0.25, -0.2) is 0 Å². The minimum Gasteiger partial charge on any atom is -0.126 e. The highest BCUT2D eigenvalue weighted by atomic mass is 32.2. The van der Waals surface area contributed by atoms with Crippen LogP contribution in [0.4, 0.5) is 0 Å². The first-order valence-corrected chi connectivity index (χ1v) is 7.89. The molecule has 0 amide bonds.